The maximum atomic E-state index is 12.5. The van der Waals surface area contributed by atoms with Crippen molar-refractivity contribution in [3.63, 3.8) is 0 Å². The molecule has 1 aromatic carbocycles. The van der Waals surface area contributed by atoms with Crippen molar-refractivity contribution in [2.75, 3.05) is 6.79 Å². The number of benzene rings is 1. The number of carbonyl (C=O) groups is 2. The summed E-state index contributed by atoms with van der Waals surface area (Å²) in [4.78, 5) is 23.8. The molecule has 0 saturated heterocycles. The van der Waals surface area contributed by atoms with Crippen LogP contribution in [-0.4, -0.2) is 23.8 Å². The Kier molecular flexibility index (Phi) is 4.23. The summed E-state index contributed by atoms with van der Waals surface area (Å²) in [6.07, 6.45) is 4.54. The Bertz CT molecular complexity index is 654. The topological polar surface area (TPSA) is 84.9 Å². The highest BCUT2D eigenvalue weighted by atomic mass is 16.7. The van der Waals surface area contributed by atoms with Crippen molar-refractivity contribution in [2.24, 2.45) is 11.8 Å². The van der Waals surface area contributed by atoms with Crippen molar-refractivity contribution in [3.05, 3.63) is 35.9 Å². The zero-order valence-electron chi connectivity index (χ0n) is 12.8. The molecular formula is C17H19NO5. The van der Waals surface area contributed by atoms with Crippen molar-refractivity contribution >= 4 is 11.9 Å². The smallest absolute Gasteiger partial charge is 0.307 e. The fraction of sp³-hybridized carbons (Fsp3) is 0.412. The largest absolute Gasteiger partial charge is 0.481 e. The van der Waals surface area contributed by atoms with E-state index in [0.29, 0.717) is 24.3 Å². The third-order valence-electron chi connectivity index (χ3n) is 4.34. The fourth-order valence-corrected chi connectivity index (χ4v) is 2.96. The lowest BCUT2D eigenvalue weighted by molar-refractivity contribution is -0.147. The third-order valence-corrected chi connectivity index (χ3v) is 4.34. The van der Waals surface area contributed by atoms with Gasteiger partial charge in [-0.2, -0.15) is 0 Å². The van der Waals surface area contributed by atoms with Gasteiger partial charge in [-0.3, -0.25) is 9.59 Å². The lowest BCUT2D eigenvalue weighted by atomic mass is 9.82. The van der Waals surface area contributed by atoms with Gasteiger partial charge in [-0.15, -0.1) is 0 Å². The van der Waals surface area contributed by atoms with Gasteiger partial charge in [0.25, 0.3) is 0 Å². The molecule has 0 aromatic heterocycles. The second kappa shape index (κ2) is 6.32. The molecule has 0 radical (unpaired) electrons. The van der Waals surface area contributed by atoms with Gasteiger partial charge in [-0.05, 0) is 37.5 Å². The molecule has 1 aromatic rings. The Labute approximate surface area is 134 Å². The average molecular weight is 317 g/mol. The van der Waals surface area contributed by atoms with Gasteiger partial charge in [-0.25, -0.2) is 0 Å². The van der Waals surface area contributed by atoms with E-state index < -0.39 is 17.8 Å². The first-order valence-electron chi connectivity index (χ1n) is 7.64. The number of carboxylic acid groups (broad SMARTS) is 1. The summed E-state index contributed by atoms with van der Waals surface area (Å²) in [5.41, 5.74) is 0.890. The van der Waals surface area contributed by atoms with Crippen LogP contribution >= 0.6 is 0 Å². The molecule has 3 rings (SSSR count). The molecule has 1 heterocycles. The number of ether oxygens (including phenoxy) is 2. The van der Waals surface area contributed by atoms with Gasteiger partial charge in [0.05, 0.1) is 17.9 Å². The Morgan fingerprint density at radius 1 is 1.17 bits per heavy atom. The molecule has 0 unspecified atom stereocenters. The number of fused-ring (bicyclic) bond motifs is 1. The summed E-state index contributed by atoms with van der Waals surface area (Å²) in [7, 11) is 0. The number of rotatable bonds is 4. The van der Waals surface area contributed by atoms with Crippen LogP contribution in [0.5, 0.6) is 11.5 Å². The molecule has 2 N–H and O–H groups in total. The van der Waals surface area contributed by atoms with E-state index in [-0.39, 0.29) is 18.7 Å². The van der Waals surface area contributed by atoms with Crippen molar-refractivity contribution in [1.29, 1.82) is 0 Å². The number of hydrogen-bond donors (Lipinski definition) is 2. The van der Waals surface area contributed by atoms with E-state index >= 15 is 0 Å². The van der Waals surface area contributed by atoms with E-state index in [1.165, 1.54) is 0 Å². The van der Waals surface area contributed by atoms with E-state index in [1.54, 1.807) is 0 Å². The van der Waals surface area contributed by atoms with Crippen LogP contribution in [0.3, 0.4) is 0 Å². The Morgan fingerprint density at radius 2 is 1.87 bits per heavy atom. The van der Waals surface area contributed by atoms with Crippen LogP contribution in [0.4, 0.5) is 0 Å². The first kappa shape index (κ1) is 15.4. The van der Waals surface area contributed by atoms with E-state index in [9.17, 15) is 14.7 Å². The van der Waals surface area contributed by atoms with Crippen LogP contribution in [0.1, 0.15) is 31.4 Å². The second-order valence-corrected chi connectivity index (χ2v) is 5.84. The average Bonchev–Trinajstić information content (AvgIpc) is 3.02. The highest BCUT2D eigenvalue weighted by Crippen LogP contribution is 2.34. The molecule has 23 heavy (non-hydrogen) atoms. The quantitative estimate of drug-likeness (QED) is 0.832. The van der Waals surface area contributed by atoms with Gasteiger partial charge in [0.2, 0.25) is 12.7 Å². The molecule has 122 valence electrons. The SMILES string of the molecule is C[C@H](NC(=O)[C@@H]1CC=CC[C@@H]1C(=O)O)c1ccc2c(c1)OCO2. The molecule has 6 nitrogen and oxygen atoms in total. The standard InChI is InChI=1S/C17H19NO5/c1-10(11-6-7-14-15(8-11)23-9-22-14)18-16(19)12-4-2-3-5-13(12)17(20)21/h2-3,6-8,10,12-13H,4-5,9H2,1H3,(H,18,19)(H,20,21)/t10-,12+,13-/m0/s1. The Balaban J connectivity index is 1.69. The lowest BCUT2D eigenvalue weighted by Gasteiger charge is -2.26. The van der Waals surface area contributed by atoms with Crippen LogP contribution in [0, 0.1) is 11.8 Å². The summed E-state index contributed by atoms with van der Waals surface area (Å²) in [5.74, 6) is -1.00. The van der Waals surface area contributed by atoms with Crippen LogP contribution in [0.2, 0.25) is 0 Å². The van der Waals surface area contributed by atoms with Crippen LogP contribution < -0.4 is 14.8 Å². The van der Waals surface area contributed by atoms with E-state index in [0.717, 1.165) is 5.56 Å². The minimum atomic E-state index is -0.926. The molecule has 0 bridgehead atoms. The molecule has 6 heteroatoms. The maximum Gasteiger partial charge on any atom is 0.307 e. The van der Waals surface area contributed by atoms with Gasteiger partial charge >= 0.3 is 5.97 Å². The first-order valence-corrected chi connectivity index (χ1v) is 7.64. The zero-order valence-corrected chi connectivity index (χ0v) is 12.8. The summed E-state index contributed by atoms with van der Waals surface area (Å²) in [6.45, 7) is 2.07. The second-order valence-electron chi connectivity index (χ2n) is 5.84. The van der Waals surface area contributed by atoms with E-state index in [2.05, 4.69) is 5.32 Å². The molecule has 1 aliphatic heterocycles. The number of nitrogens with one attached hydrogen (secondary N) is 1. The van der Waals surface area contributed by atoms with Gasteiger partial charge in [0.1, 0.15) is 0 Å². The molecule has 0 fully saturated rings. The molecule has 0 saturated carbocycles. The number of carboxylic acids is 1. The van der Waals surface area contributed by atoms with Gasteiger partial charge in [0.15, 0.2) is 11.5 Å². The van der Waals surface area contributed by atoms with Gasteiger partial charge in [0, 0.05) is 0 Å². The molecule has 3 atom stereocenters. The minimum Gasteiger partial charge on any atom is -0.481 e. The van der Waals surface area contributed by atoms with Gasteiger partial charge in [-0.1, -0.05) is 18.2 Å². The number of aliphatic carboxylic acids is 1. The molecule has 1 amide bonds. The molecule has 1 aliphatic carbocycles. The summed E-state index contributed by atoms with van der Waals surface area (Å²) in [5, 5.41) is 12.2. The summed E-state index contributed by atoms with van der Waals surface area (Å²) >= 11 is 0. The zero-order chi connectivity index (χ0) is 16.4. The Hall–Kier alpha value is -2.50. The van der Waals surface area contributed by atoms with Crippen LogP contribution in [0.15, 0.2) is 30.4 Å². The fourth-order valence-electron chi connectivity index (χ4n) is 2.96. The van der Waals surface area contributed by atoms with Crippen molar-refractivity contribution in [3.8, 4) is 11.5 Å². The predicted molar refractivity (Wildman–Crippen MR) is 82.1 cm³/mol. The third kappa shape index (κ3) is 3.16. The minimum absolute atomic E-state index is 0.203. The summed E-state index contributed by atoms with van der Waals surface area (Å²) < 4.78 is 10.6. The van der Waals surface area contributed by atoms with E-state index in [1.807, 2.05) is 37.3 Å². The Morgan fingerprint density at radius 3 is 2.61 bits per heavy atom. The highest BCUT2D eigenvalue weighted by molar-refractivity contribution is 5.85. The van der Waals surface area contributed by atoms with Crippen LogP contribution in [-0.2, 0) is 9.59 Å². The maximum absolute atomic E-state index is 12.5. The molecule has 0 spiro atoms. The van der Waals surface area contributed by atoms with Crippen molar-refractivity contribution in [2.45, 2.75) is 25.8 Å². The summed E-state index contributed by atoms with van der Waals surface area (Å²) in [6, 6.07) is 5.28. The number of hydrogen-bond acceptors (Lipinski definition) is 4. The molecular weight excluding hydrogens is 298 g/mol. The number of carbonyl (C=O) groups excluding carboxylic acids is 1. The normalized spacial score (nSPS) is 23.3. The lowest BCUT2D eigenvalue weighted by Crippen LogP contribution is -2.39. The highest BCUT2D eigenvalue weighted by Gasteiger charge is 2.34. The predicted octanol–water partition coefficient (Wildman–Crippen LogP) is 2.26. The molecule has 2 aliphatic rings. The number of allylic oxidation sites excluding steroid dienone is 2. The first-order chi connectivity index (χ1) is 11.1. The van der Waals surface area contributed by atoms with Gasteiger partial charge < -0.3 is 19.9 Å². The van der Waals surface area contributed by atoms with Crippen LogP contribution in [0.25, 0.3) is 0 Å². The van der Waals surface area contributed by atoms with Crippen molar-refractivity contribution < 1.29 is 24.2 Å². The number of amides is 1. The monoisotopic (exact) mass is 317 g/mol. The van der Waals surface area contributed by atoms with Crippen molar-refractivity contribution in [1.82, 2.24) is 5.32 Å². The van der Waals surface area contributed by atoms with E-state index in [4.69, 9.17) is 9.47 Å².